The maximum absolute atomic E-state index is 12.4. The van der Waals surface area contributed by atoms with Crippen molar-refractivity contribution in [2.24, 2.45) is 0 Å². The number of benzene rings is 1. The van der Waals surface area contributed by atoms with Gasteiger partial charge in [-0.2, -0.15) is 0 Å². The molecule has 0 atom stereocenters. The highest BCUT2D eigenvalue weighted by Crippen LogP contribution is 2.36. The molecule has 1 aliphatic heterocycles. The van der Waals surface area contributed by atoms with Crippen molar-refractivity contribution in [3.05, 3.63) is 36.4 Å². The molecule has 1 heterocycles. The molecule has 2 N–H and O–H groups in total. The Morgan fingerprint density at radius 1 is 1.36 bits per heavy atom. The molecular formula is C17H20N2O3. The van der Waals surface area contributed by atoms with Gasteiger partial charge in [-0.3, -0.25) is 9.59 Å². The van der Waals surface area contributed by atoms with Crippen LogP contribution in [0.5, 0.6) is 5.75 Å². The van der Waals surface area contributed by atoms with Crippen LogP contribution in [0.15, 0.2) is 30.9 Å². The number of carbonyl (C=O) groups excluding carboxylic acids is 2. The Kier molecular flexibility index (Phi) is 3.88. The first-order valence-electron chi connectivity index (χ1n) is 7.61. The van der Waals surface area contributed by atoms with Crippen molar-refractivity contribution in [1.29, 1.82) is 0 Å². The Balaban J connectivity index is 1.66. The zero-order valence-electron chi connectivity index (χ0n) is 12.5. The normalized spacial score (nSPS) is 17.6. The molecule has 1 fully saturated rings. The van der Waals surface area contributed by atoms with E-state index >= 15 is 0 Å². The van der Waals surface area contributed by atoms with E-state index in [0.717, 1.165) is 42.7 Å². The molecule has 0 saturated heterocycles. The standard InChI is InChI=1S/C17H20N2O3/c1-2-15(20)19-17(8-4-9-17)11-16(21)18-13-5-3-6-14-12(13)7-10-22-14/h2-3,5-6H,1,4,7-11H2,(H,18,21)(H,19,20). The third-order valence-corrected chi connectivity index (χ3v) is 4.40. The SMILES string of the molecule is C=CC(=O)NC1(CC(=O)Nc2cccc3c2CCO3)CCC1. The lowest BCUT2D eigenvalue weighted by molar-refractivity contribution is -0.122. The summed E-state index contributed by atoms with van der Waals surface area (Å²) >= 11 is 0. The molecule has 0 aromatic heterocycles. The Bertz CT molecular complexity index is 620. The van der Waals surface area contributed by atoms with Crippen molar-refractivity contribution in [3.63, 3.8) is 0 Å². The number of fused-ring (bicyclic) bond motifs is 1. The summed E-state index contributed by atoms with van der Waals surface area (Å²) in [4.78, 5) is 23.9. The van der Waals surface area contributed by atoms with Crippen LogP contribution in [0.2, 0.25) is 0 Å². The van der Waals surface area contributed by atoms with Crippen molar-refractivity contribution < 1.29 is 14.3 Å². The highest BCUT2D eigenvalue weighted by molar-refractivity contribution is 5.94. The smallest absolute Gasteiger partial charge is 0.243 e. The number of nitrogens with one attached hydrogen (secondary N) is 2. The molecule has 0 unspecified atom stereocenters. The van der Waals surface area contributed by atoms with E-state index in [1.165, 1.54) is 6.08 Å². The molecule has 0 radical (unpaired) electrons. The van der Waals surface area contributed by atoms with E-state index in [4.69, 9.17) is 4.74 Å². The molecule has 22 heavy (non-hydrogen) atoms. The second kappa shape index (κ2) is 5.83. The van der Waals surface area contributed by atoms with E-state index in [1.807, 2.05) is 18.2 Å². The van der Waals surface area contributed by atoms with E-state index in [0.29, 0.717) is 6.61 Å². The molecule has 1 aromatic rings. The van der Waals surface area contributed by atoms with Gasteiger partial charge in [-0.05, 0) is 37.5 Å². The van der Waals surface area contributed by atoms with Gasteiger partial charge in [-0.15, -0.1) is 0 Å². The number of carbonyl (C=O) groups is 2. The molecule has 5 nitrogen and oxygen atoms in total. The van der Waals surface area contributed by atoms with Crippen LogP contribution < -0.4 is 15.4 Å². The van der Waals surface area contributed by atoms with Crippen molar-refractivity contribution in [1.82, 2.24) is 5.32 Å². The predicted molar refractivity (Wildman–Crippen MR) is 83.8 cm³/mol. The van der Waals surface area contributed by atoms with E-state index in [2.05, 4.69) is 17.2 Å². The van der Waals surface area contributed by atoms with E-state index in [9.17, 15) is 9.59 Å². The first kappa shape index (κ1) is 14.6. The lowest BCUT2D eigenvalue weighted by atomic mass is 9.74. The number of anilines is 1. The van der Waals surface area contributed by atoms with E-state index < -0.39 is 5.54 Å². The summed E-state index contributed by atoms with van der Waals surface area (Å²) in [5, 5.41) is 5.87. The zero-order valence-corrected chi connectivity index (χ0v) is 12.5. The van der Waals surface area contributed by atoms with Crippen molar-refractivity contribution in [2.45, 2.75) is 37.6 Å². The fourth-order valence-electron chi connectivity index (χ4n) is 3.10. The van der Waals surface area contributed by atoms with Crippen molar-refractivity contribution in [2.75, 3.05) is 11.9 Å². The minimum Gasteiger partial charge on any atom is -0.493 e. The molecule has 0 bridgehead atoms. The predicted octanol–water partition coefficient (Wildman–Crippen LogP) is 2.17. The van der Waals surface area contributed by atoms with Gasteiger partial charge in [0.15, 0.2) is 0 Å². The molecule has 2 aliphatic rings. The maximum atomic E-state index is 12.4. The first-order chi connectivity index (χ1) is 10.6. The minimum absolute atomic E-state index is 0.0793. The molecular weight excluding hydrogens is 280 g/mol. The number of hydrogen-bond donors (Lipinski definition) is 2. The van der Waals surface area contributed by atoms with Gasteiger partial charge in [0.2, 0.25) is 11.8 Å². The van der Waals surface area contributed by atoms with Gasteiger partial charge < -0.3 is 15.4 Å². The van der Waals surface area contributed by atoms with Crippen molar-refractivity contribution in [3.8, 4) is 5.75 Å². The van der Waals surface area contributed by atoms with Gasteiger partial charge in [0.1, 0.15) is 5.75 Å². The van der Waals surface area contributed by atoms with Crippen molar-refractivity contribution >= 4 is 17.5 Å². The van der Waals surface area contributed by atoms with Crippen LogP contribution in [0.25, 0.3) is 0 Å². The molecule has 3 rings (SSSR count). The van der Waals surface area contributed by atoms with Gasteiger partial charge in [0.05, 0.1) is 13.0 Å². The summed E-state index contributed by atoms with van der Waals surface area (Å²) in [6, 6.07) is 5.68. The number of rotatable bonds is 5. The summed E-state index contributed by atoms with van der Waals surface area (Å²) in [7, 11) is 0. The molecule has 0 spiro atoms. The van der Waals surface area contributed by atoms with Crippen LogP contribution >= 0.6 is 0 Å². The zero-order chi connectivity index (χ0) is 15.6. The summed E-state index contributed by atoms with van der Waals surface area (Å²) in [5.74, 6) is 0.544. The van der Waals surface area contributed by atoms with E-state index in [1.54, 1.807) is 0 Å². The van der Waals surface area contributed by atoms with Crippen LogP contribution in [0, 0.1) is 0 Å². The Morgan fingerprint density at radius 3 is 2.86 bits per heavy atom. The van der Waals surface area contributed by atoms with Crippen LogP contribution in [-0.4, -0.2) is 24.0 Å². The second-order valence-corrected chi connectivity index (χ2v) is 5.93. The van der Waals surface area contributed by atoms with Crippen LogP contribution in [0.1, 0.15) is 31.2 Å². The van der Waals surface area contributed by atoms with Gasteiger partial charge in [0, 0.05) is 23.2 Å². The number of amides is 2. The quantitative estimate of drug-likeness (QED) is 0.819. The van der Waals surface area contributed by atoms with Crippen LogP contribution in [-0.2, 0) is 16.0 Å². The number of hydrogen-bond acceptors (Lipinski definition) is 3. The van der Waals surface area contributed by atoms with Crippen LogP contribution in [0.3, 0.4) is 0 Å². The number of ether oxygens (including phenoxy) is 1. The summed E-state index contributed by atoms with van der Waals surface area (Å²) < 4.78 is 5.50. The Labute approximate surface area is 129 Å². The highest BCUT2D eigenvalue weighted by Gasteiger charge is 2.40. The fraction of sp³-hybridized carbons (Fsp3) is 0.412. The highest BCUT2D eigenvalue weighted by atomic mass is 16.5. The Morgan fingerprint density at radius 2 is 2.18 bits per heavy atom. The van der Waals surface area contributed by atoms with Crippen LogP contribution in [0.4, 0.5) is 5.69 Å². The maximum Gasteiger partial charge on any atom is 0.243 e. The molecule has 116 valence electrons. The topological polar surface area (TPSA) is 67.4 Å². The van der Waals surface area contributed by atoms with E-state index in [-0.39, 0.29) is 18.2 Å². The lowest BCUT2D eigenvalue weighted by Gasteiger charge is -2.41. The summed E-state index contributed by atoms with van der Waals surface area (Å²) in [6.45, 7) is 4.12. The largest absolute Gasteiger partial charge is 0.493 e. The average Bonchev–Trinajstić information content (AvgIpc) is 2.94. The molecule has 5 heteroatoms. The fourth-order valence-corrected chi connectivity index (χ4v) is 3.10. The monoisotopic (exact) mass is 300 g/mol. The van der Waals surface area contributed by atoms with Gasteiger partial charge in [-0.1, -0.05) is 12.6 Å². The average molecular weight is 300 g/mol. The third-order valence-electron chi connectivity index (χ3n) is 4.40. The second-order valence-electron chi connectivity index (χ2n) is 5.93. The minimum atomic E-state index is -0.413. The van der Waals surface area contributed by atoms with Gasteiger partial charge >= 0.3 is 0 Å². The van der Waals surface area contributed by atoms with Gasteiger partial charge in [-0.25, -0.2) is 0 Å². The van der Waals surface area contributed by atoms with Gasteiger partial charge in [0.25, 0.3) is 0 Å². The molecule has 1 aliphatic carbocycles. The first-order valence-corrected chi connectivity index (χ1v) is 7.61. The third kappa shape index (κ3) is 2.84. The molecule has 1 aromatic carbocycles. The Hall–Kier alpha value is -2.30. The molecule has 1 saturated carbocycles. The lowest BCUT2D eigenvalue weighted by Crippen LogP contribution is -2.54. The summed E-state index contributed by atoms with van der Waals surface area (Å²) in [5.41, 5.74) is 1.45. The summed E-state index contributed by atoms with van der Waals surface area (Å²) in [6.07, 6.45) is 5.03. The molecule has 2 amide bonds.